The van der Waals surface area contributed by atoms with Gasteiger partial charge in [-0.05, 0) is 50.0 Å². The molecule has 31 heavy (non-hydrogen) atoms. The molecule has 0 unspecified atom stereocenters. The molecule has 0 radical (unpaired) electrons. The molecule has 2 heterocycles. The van der Waals surface area contributed by atoms with Crippen molar-refractivity contribution in [2.24, 2.45) is 5.92 Å². The number of carbonyl (C=O) groups is 1. The van der Waals surface area contributed by atoms with E-state index in [1.54, 1.807) is 13.8 Å². The summed E-state index contributed by atoms with van der Waals surface area (Å²) >= 11 is 7.56. The number of nitrogens with one attached hydrogen (secondary N) is 1. The van der Waals surface area contributed by atoms with Crippen molar-refractivity contribution in [2.75, 3.05) is 31.5 Å². The number of thiazole rings is 1. The van der Waals surface area contributed by atoms with Crippen LogP contribution in [0.2, 0.25) is 5.02 Å². The molecule has 0 bridgehead atoms. The standard InChI is InChI=1S/C21H29ClN4O3S2/c1-4-26(5-2)31(28,29)17-6-7-19(22)18(12-17)20(27)24-21-23-16(14-30-21)13-25-10-8-15(3)9-11-25/h6-7,12,14-15H,4-5,8-11,13H2,1-3H3,(H,23,24,27). The van der Waals surface area contributed by atoms with Crippen LogP contribution in [-0.2, 0) is 16.6 Å². The van der Waals surface area contributed by atoms with Gasteiger partial charge in [0.05, 0.1) is 21.2 Å². The van der Waals surface area contributed by atoms with Crippen LogP contribution in [-0.4, -0.2) is 54.7 Å². The predicted molar refractivity (Wildman–Crippen MR) is 125 cm³/mol. The van der Waals surface area contributed by atoms with Gasteiger partial charge in [0.25, 0.3) is 5.91 Å². The minimum Gasteiger partial charge on any atom is -0.298 e. The zero-order chi connectivity index (χ0) is 22.6. The van der Waals surface area contributed by atoms with Gasteiger partial charge in [-0.25, -0.2) is 13.4 Å². The van der Waals surface area contributed by atoms with Crippen LogP contribution in [0.1, 0.15) is 49.7 Å². The van der Waals surface area contributed by atoms with Crippen molar-refractivity contribution in [3.05, 3.63) is 39.9 Å². The first-order valence-corrected chi connectivity index (χ1v) is 13.2. The Labute approximate surface area is 193 Å². The lowest BCUT2D eigenvalue weighted by atomic mass is 9.99. The van der Waals surface area contributed by atoms with E-state index in [0.717, 1.165) is 31.2 Å². The summed E-state index contributed by atoms with van der Waals surface area (Å²) in [7, 11) is -3.69. The van der Waals surface area contributed by atoms with Crippen molar-refractivity contribution < 1.29 is 13.2 Å². The molecule has 170 valence electrons. The Kier molecular flexibility index (Phi) is 8.09. The van der Waals surface area contributed by atoms with Crippen molar-refractivity contribution in [1.82, 2.24) is 14.2 Å². The van der Waals surface area contributed by atoms with Crippen LogP contribution in [0.15, 0.2) is 28.5 Å². The van der Waals surface area contributed by atoms with Gasteiger partial charge in [0.2, 0.25) is 10.0 Å². The van der Waals surface area contributed by atoms with E-state index >= 15 is 0 Å². The van der Waals surface area contributed by atoms with Crippen LogP contribution < -0.4 is 5.32 Å². The molecule has 3 rings (SSSR count). The first-order valence-electron chi connectivity index (χ1n) is 10.5. The topological polar surface area (TPSA) is 82.6 Å². The Morgan fingerprint density at radius 2 is 1.97 bits per heavy atom. The summed E-state index contributed by atoms with van der Waals surface area (Å²) in [6, 6.07) is 4.19. The lowest BCUT2D eigenvalue weighted by Gasteiger charge is -2.29. The Morgan fingerprint density at radius 3 is 2.61 bits per heavy atom. The number of piperidine rings is 1. The average molecular weight is 485 g/mol. The average Bonchev–Trinajstić information content (AvgIpc) is 3.17. The molecule has 0 aliphatic carbocycles. The van der Waals surface area contributed by atoms with Crippen LogP contribution in [0.4, 0.5) is 5.13 Å². The Hall–Kier alpha value is -1.52. The Balaban J connectivity index is 1.71. The number of amides is 1. The summed E-state index contributed by atoms with van der Waals surface area (Å²) in [6.07, 6.45) is 2.39. The Morgan fingerprint density at radius 1 is 1.29 bits per heavy atom. The highest BCUT2D eigenvalue weighted by molar-refractivity contribution is 7.89. The number of benzene rings is 1. The number of carbonyl (C=O) groups excluding carboxylic acids is 1. The fraction of sp³-hybridized carbons (Fsp3) is 0.524. The van der Waals surface area contributed by atoms with Gasteiger partial charge in [0.1, 0.15) is 0 Å². The zero-order valence-electron chi connectivity index (χ0n) is 18.1. The van der Waals surface area contributed by atoms with Gasteiger partial charge in [-0.3, -0.25) is 15.0 Å². The maximum absolute atomic E-state index is 12.8. The molecule has 0 atom stereocenters. The summed E-state index contributed by atoms with van der Waals surface area (Å²) in [5, 5.41) is 5.36. The number of halogens is 1. The molecule has 1 fully saturated rings. The van der Waals surface area contributed by atoms with Crippen molar-refractivity contribution in [3.8, 4) is 0 Å². The molecule has 2 aromatic rings. The fourth-order valence-corrected chi connectivity index (χ4v) is 5.99. The third kappa shape index (κ3) is 5.84. The van der Waals surface area contributed by atoms with Crippen molar-refractivity contribution >= 4 is 44.0 Å². The molecular weight excluding hydrogens is 456 g/mol. The van der Waals surface area contributed by atoms with Gasteiger partial charge < -0.3 is 0 Å². The number of nitrogens with zero attached hydrogens (tertiary/aromatic N) is 3. The van der Waals surface area contributed by atoms with E-state index in [4.69, 9.17) is 11.6 Å². The van der Waals surface area contributed by atoms with Gasteiger partial charge in [0.15, 0.2) is 5.13 Å². The van der Waals surface area contributed by atoms with Crippen LogP contribution in [0, 0.1) is 5.92 Å². The van der Waals surface area contributed by atoms with E-state index < -0.39 is 15.9 Å². The quantitative estimate of drug-likeness (QED) is 0.603. The second kappa shape index (κ2) is 10.4. The first kappa shape index (κ1) is 24.1. The summed E-state index contributed by atoms with van der Waals surface area (Å²) in [5.74, 6) is 0.293. The highest BCUT2D eigenvalue weighted by Crippen LogP contribution is 2.25. The van der Waals surface area contributed by atoms with E-state index in [1.165, 1.54) is 46.7 Å². The normalized spacial score (nSPS) is 16.0. The van der Waals surface area contributed by atoms with E-state index in [1.807, 2.05) is 5.38 Å². The molecule has 0 spiro atoms. The molecule has 1 aromatic carbocycles. The van der Waals surface area contributed by atoms with Crippen LogP contribution in [0.5, 0.6) is 0 Å². The van der Waals surface area contributed by atoms with Crippen LogP contribution in [0.3, 0.4) is 0 Å². The first-order chi connectivity index (χ1) is 14.7. The second-order valence-electron chi connectivity index (χ2n) is 7.79. The predicted octanol–water partition coefficient (Wildman–Crippen LogP) is 4.31. The summed E-state index contributed by atoms with van der Waals surface area (Å²) < 4.78 is 26.9. The molecule has 1 aromatic heterocycles. The van der Waals surface area contributed by atoms with Gasteiger partial charge in [-0.2, -0.15) is 4.31 Å². The molecular formula is C21H29ClN4O3S2. The highest BCUT2D eigenvalue weighted by Gasteiger charge is 2.24. The fourth-order valence-electron chi connectivity index (χ4n) is 3.60. The number of likely N-dealkylation sites (tertiary alicyclic amines) is 1. The SMILES string of the molecule is CCN(CC)S(=O)(=O)c1ccc(Cl)c(C(=O)Nc2nc(CN3CCC(C)CC3)cs2)c1. The van der Waals surface area contributed by atoms with Gasteiger partial charge >= 0.3 is 0 Å². The summed E-state index contributed by atoms with van der Waals surface area (Å²) in [6.45, 7) is 9.40. The van der Waals surface area contributed by atoms with Crippen molar-refractivity contribution in [1.29, 1.82) is 0 Å². The third-order valence-electron chi connectivity index (χ3n) is 5.56. The van der Waals surface area contributed by atoms with Crippen molar-refractivity contribution in [3.63, 3.8) is 0 Å². The molecule has 0 saturated carbocycles. The molecule has 1 saturated heterocycles. The molecule has 1 aliphatic rings. The van der Waals surface area contributed by atoms with Crippen molar-refractivity contribution in [2.45, 2.75) is 45.1 Å². The highest BCUT2D eigenvalue weighted by atomic mass is 35.5. The minimum absolute atomic E-state index is 0.0462. The van der Waals surface area contributed by atoms with Crippen LogP contribution >= 0.6 is 22.9 Å². The molecule has 1 amide bonds. The zero-order valence-corrected chi connectivity index (χ0v) is 20.5. The van der Waals surface area contributed by atoms with E-state index in [0.29, 0.717) is 18.2 Å². The van der Waals surface area contributed by atoms with Gasteiger partial charge in [-0.15, -0.1) is 11.3 Å². The number of hydrogen-bond acceptors (Lipinski definition) is 6. The lowest BCUT2D eigenvalue weighted by molar-refractivity contribution is 0.102. The van der Waals surface area contributed by atoms with Gasteiger partial charge in [-0.1, -0.05) is 32.4 Å². The van der Waals surface area contributed by atoms with E-state index in [9.17, 15) is 13.2 Å². The largest absolute Gasteiger partial charge is 0.298 e. The number of hydrogen-bond donors (Lipinski definition) is 1. The molecule has 1 N–H and O–H groups in total. The smallest absolute Gasteiger partial charge is 0.259 e. The summed E-state index contributed by atoms with van der Waals surface area (Å²) in [5.41, 5.74) is 1.02. The maximum atomic E-state index is 12.8. The summed E-state index contributed by atoms with van der Waals surface area (Å²) in [4.78, 5) is 19.8. The minimum atomic E-state index is -3.69. The number of anilines is 1. The van der Waals surface area contributed by atoms with E-state index in [2.05, 4.69) is 22.1 Å². The van der Waals surface area contributed by atoms with Gasteiger partial charge in [0, 0.05) is 25.0 Å². The monoisotopic (exact) mass is 484 g/mol. The molecule has 1 aliphatic heterocycles. The maximum Gasteiger partial charge on any atom is 0.259 e. The van der Waals surface area contributed by atoms with Crippen LogP contribution in [0.25, 0.3) is 0 Å². The number of rotatable bonds is 8. The number of sulfonamides is 1. The number of aromatic nitrogens is 1. The Bertz CT molecular complexity index is 1010. The van der Waals surface area contributed by atoms with E-state index in [-0.39, 0.29) is 15.5 Å². The molecule has 7 nitrogen and oxygen atoms in total. The third-order valence-corrected chi connectivity index (χ3v) is 8.74. The lowest BCUT2D eigenvalue weighted by Crippen LogP contribution is -2.32. The second-order valence-corrected chi connectivity index (χ2v) is 11.0. The molecule has 10 heteroatoms.